The average Bonchev–Trinajstić information content (AvgIpc) is 2.66. The summed E-state index contributed by atoms with van der Waals surface area (Å²) in [5.41, 5.74) is 2.83. The summed E-state index contributed by atoms with van der Waals surface area (Å²) in [6, 6.07) is 13.9. The van der Waals surface area contributed by atoms with E-state index < -0.39 is 0 Å². The minimum Gasteiger partial charge on any atom is -0.495 e. The first kappa shape index (κ1) is 25.2. The van der Waals surface area contributed by atoms with Crippen molar-refractivity contribution >= 4 is 57.5 Å². The van der Waals surface area contributed by atoms with E-state index in [1.807, 2.05) is 44.3 Å². The van der Waals surface area contributed by atoms with Crippen molar-refractivity contribution in [2.45, 2.75) is 26.9 Å². The number of methoxy groups -OCH3 is 1. The molecule has 0 aliphatic carbocycles. The zero-order valence-electron chi connectivity index (χ0n) is 17.2. The van der Waals surface area contributed by atoms with Gasteiger partial charge in [-0.3, -0.25) is 4.79 Å². The van der Waals surface area contributed by atoms with E-state index >= 15 is 0 Å². The largest absolute Gasteiger partial charge is 0.495 e. The molecule has 0 aliphatic heterocycles. The van der Waals surface area contributed by atoms with Gasteiger partial charge in [-0.1, -0.05) is 34.1 Å². The number of ether oxygens (including phenoxy) is 1. The van der Waals surface area contributed by atoms with Crippen LogP contribution in [0.5, 0.6) is 5.75 Å². The van der Waals surface area contributed by atoms with Crippen molar-refractivity contribution in [2.24, 2.45) is 4.99 Å². The Hall–Kier alpha value is -1.81. The molecule has 0 radical (unpaired) electrons. The number of halogens is 2. The summed E-state index contributed by atoms with van der Waals surface area (Å²) in [7, 11) is 3.60. The molecular weight excluding hydrogens is 547 g/mol. The Bertz CT molecular complexity index is 828. The number of carbonyl (C=O) groups excluding carboxylic acids is 1. The molecule has 0 heterocycles. The fourth-order valence-corrected chi connectivity index (χ4v) is 2.98. The van der Waals surface area contributed by atoms with Gasteiger partial charge in [-0.05, 0) is 42.3 Å². The minimum absolute atomic E-state index is 0. The summed E-state index contributed by atoms with van der Waals surface area (Å²) >= 11 is 3.46. The molecule has 8 heteroatoms. The standard InChI is InChI=1S/C21H27BrN4O2.HI/c1-5-23-21(26(3)14-16-6-9-18(22)10-7-16)24-13-17-8-11-20(28-4)19(12-17)25-15(2)27;/h6-12H,5,13-14H2,1-4H3,(H,23,24)(H,25,27);1H. The number of hydrogen-bond donors (Lipinski definition) is 2. The first-order chi connectivity index (χ1) is 13.4. The highest BCUT2D eigenvalue weighted by molar-refractivity contribution is 14.0. The van der Waals surface area contributed by atoms with Crippen LogP contribution in [0.1, 0.15) is 25.0 Å². The van der Waals surface area contributed by atoms with Crippen LogP contribution >= 0.6 is 39.9 Å². The number of rotatable bonds is 7. The number of aliphatic imine (C=N–C) groups is 1. The van der Waals surface area contributed by atoms with Crippen LogP contribution in [0.2, 0.25) is 0 Å². The van der Waals surface area contributed by atoms with Crippen molar-refractivity contribution in [3.8, 4) is 5.75 Å². The lowest BCUT2D eigenvalue weighted by molar-refractivity contribution is -0.114. The summed E-state index contributed by atoms with van der Waals surface area (Å²) in [6.07, 6.45) is 0. The number of amides is 1. The molecule has 0 bridgehead atoms. The second-order valence-corrected chi connectivity index (χ2v) is 7.28. The van der Waals surface area contributed by atoms with Crippen LogP contribution < -0.4 is 15.4 Å². The third-order valence-electron chi connectivity index (χ3n) is 4.02. The molecular formula is C21H28BrIN4O2. The zero-order chi connectivity index (χ0) is 20.5. The van der Waals surface area contributed by atoms with Gasteiger partial charge in [0.1, 0.15) is 5.75 Å². The Morgan fingerprint density at radius 3 is 2.41 bits per heavy atom. The average molecular weight is 575 g/mol. The molecule has 1 amide bonds. The van der Waals surface area contributed by atoms with Crippen LogP contribution in [-0.2, 0) is 17.9 Å². The van der Waals surface area contributed by atoms with Crippen LogP contribution in [0, 0.1) is 0 Å². The second-order valence-electron chi connectivity index (χ2n) is 6.37. The first-order valence-corrected chi connectivity index (χ1v) is 9.90. The second kappa shape index (κ2) is 12.7. The number of benzene rings is 2. The van der Waals surface area contributed by atoms with Crippen molar-refractivity contribution in [3.05, 3.63) is 58.1 Å². The molecule has 29 heavy (non-hydrogen) atoms. The number of nitrogens with zero attached hydrogens (tertiary/aromatic N) is 2. The fourth-order valence-electron chi connectivity index (χ4n) is 2.72. The molecule has 0 unspecified atom stereocenters. The van der Waals surface area contributed by atoms with Crippen LogP contribution in [0.3, 0.4) is 0 Å². The lowest BCUT2D eigenvalue weighted by Crippen LogP contribution is -2.38. The molecule has 0 aliphatic rings. The van der Waals surface area contributed by atoms with E-state index in [9.17, 15) is 4.79 Å². The summed E-state index contributed by atoms with van der Waals surface area (Å²) in [5.74, 6) is 1.31. The quantitative estimate of drug-likeness (QED) is 0.287. The topological polar surface area (TPSA) is 66.0 Å². The maximum atomic E-state index is 11.4. The van der Waals surface area contributed by atoms with E-state index in [1.54, 1.807) is 7.11 Å². The van der Waals surface area contributed by atoms with Crippen molar-refractivity contribution in [3.63, 3.8) is 0 Å². The molecule has 2 aromatic carbocycles. The number of guanidine groups is 1. The Labute approximate surface area is 198 Å². The van der Waals surface area contributed by atoms with E-state index in [0.29, 0.717) is 18.0 Å². The Kier molecular flexibility index (Phi) is 11.0. The van der Waals surface area contributed by atoms with Gasteiger partial charge >= 0.3 is 0 Å². The third-order valence-corrected chi connectivity index (χ3v) is 4.54. The number of nitrogens with one attached hydrogen (secondary N) is 2. The monoisotopic (exact) mass is 574 g/mol. The molecule has 0 saturated carbocycles. The number of hydrogen-bond acceptors (Lipinski definition) is 3. The molecule has 0 fully saturated rings. The van der Waals surface area contributed by atoms with Crippen LogP contribution in [0.25, 0.3) is 0 Å². The molecule has 0 atom stereocenters. The fraction of sp³-hybridized carbons (Fsp3) is 0.333. The highest BCUT2D eigenvalue weighted by atomic mass is 127. The SMILES string of the molecule is CCNC(=NCc1ccc(OC)c(NC(C)=O)c1)N(C)Cc1ccc(Br)cc1.I. The highest BCUT2D eigenvalue weighted by Gasteiger charge is 2.09. The predicted molar refractivity (Wildman–Crippen MR) is 133 cm³/mol. The van der Waals surface area contributed by atoms with Gasteiger partial charge in [0.2, 0.25) is 5.91 Å². The molecule has 0 spiro atoms. The zero-order valence-corrected chi connectivity index (χ0v) is 21.1. The number of anilines is 1. The van der Waals surface area contributed by atoms with E-state index in [-0.39, 0.29) is 29.9 Å². The van der Waals surface area contributed by atoms with E-state index in [2.05, 4.69) is 43.6 Å². The van der Waals surface area contributed by atoms with Gasteiger partial charge in [-0.15, -0.1) is 24.0 Å². The Morgan fingerprint density at radius 1 is 1.17 bits per heavy atom. The van der Waals surface area contributed by atoms with Gasteiger partial charge in [0, 0.05) is 31.5 Å². The number of carbonyl (C=O) groups is 1. The smallest absolute Gasteiger partial charge is 0.221 e. The molecule has 2 aromatic rings. The minimum atomic E-state index is -0.137. The van der Waals surface area contributed by atoms with E-state index in [1.165, 1.54) is 12.5 Å². The molecule has 0 aromatic heterocycles. The first-order valence-electron chi connectivity index (χ1n) is 9.11. The van der Waals surface area contributed by atoms with E-state index in [4.69, 9.17) is 9.73 Å². The maximum Gasteiger partial charge on any atom is 0.221 e. The van der Waals surface area contributed by atoms with Crippen LogP contribution in [0.15, 0.2) is 51.9 Å². The summed E-state index contributed by atoms with van der Waals surface area (Å²) in [4.78, 5) is 18.2. The maximum absolute atomic E-state index is 11.4. The van der Waals surface area contributed by atoms with E-state index in [0.717, 1.165) is 29.1 Å². The molecule has 6 nitrogen and oxygen atoms in total. The predicted octanol–water partition coefficient (Wildman–Crippen LogP) is 4.63. The lowest BCUT2D eigenvalue weighted by Gasteiger charge is -2.22. The van der Waals surface area contributed by atoms with Gasteiger partial charge in [-0.2, -0.15) is 0 Å². The van der Waals surface area contributed by atoms with Crippen molar-refractivity contribution < 1.29 is 9.53 Å². The van der Waals surface area contributed by atoms with Crippen LogP contribution in [-0.4, -0.2) is 37.5 Å². The van der Waals surface area contributed by atoms with Gasteiger partial charge < -0.3 is 20.3 Å². The Balaban J connectivity index is 0.00000420. The third kappa shape index (κ3) is 8.22. The molecule has 0 saturated heterocycles. The molecule has 2 rings (SSSR count). The summed E-state index contributed by atoms with van der Waals surface area (Å²) in [6.45, 7) is 5.54. The normalized spacial score (nSPS) is 10.7. The highest BCUT2D eigenvalue weighted by Crippen LogP contribution is 2.25. The summed E-state index contributed by atoms with van der Waals surface area (Å²) in [5, 5.41) is 6.12. The van der Waals surface area contributed by atoms with Crippen LogP contribution in [0.4, 0.5) is 5.69 Å². The Morgan fingerprint density at radius 2 is 1.83 bits per heavy atom. The van der Waals surface area contributed by atoms with Gasteiger partial charge in [-0.25, -0.2) is 4.99 Å². The van der Waals surface area contributed by atoms with Gasteiger partial charge in [0.25, 0.3) is 0 Å². The molecule has 158 valence electrons. The molecule has 2 N–H and O–H groups in total. The van der Waals surface area contributed by atoms with Crippen molar-refractivity contribution in [2.75, 3.05) is 26.0 Å². The van der Waals surface area contributed by atoms with Gasteiger partial charge in [0.05, 0.1) is 19.3 Å². The van der Waals surface area contributed by atoms with Gasteiger partial charge in [0.15, 0.2) is 5.96 Å². The lowest BCUT2D eigenvalue weighted by atomic mass is 10.2. The van der Waals surface area contributed by atoms with Crippen molar-refractivity contribution in [1.82, 2.24) is 10.2 Å². The van der Waals surface area contributed by atoms with Crippen molar-refractivity contribution in [1.29, 1.82) is 0 Å². The summed E-state index contributed by atoms with van der Waals surface area (Å²) < 4.78 is 6.37.